The van der Waals surface area contributed by atoms with Crippen LogP contribution in [0.3, 0.4) is 0 Å². The molecule has 9 heteroatoms. The van der Waals surface area contributed by atoms with Crippen LogP contribution in [0.1, 0.15) is 30.9 Å². The average molecular weight is 435 g/mol. The van der Waals surface area contributed by atoms with Gasteiger partial charge in [-0.1, -0.05) is 12.1 Å². The number of anilines is 1. The Morgan fingerprint density at radius 2 is 1.86 bits per heavy atom. The second kappa shape index (κ2) is 11.1. The Hall–Kier alpha value is -1.19. The molecule has 0 saturated carbocycles. The van der Waals surface area contributed by atoms with Gasteiger partial charge in [0.2, 0.25) is 5.91 Å². The zero-order valence-electron chi connectivity index (χ0n) is 16.7. The summed E-state index contributed by atoms with van der Waals surface area (Å²) in [7, 11) is -3.54. The molecule has 0 spiro atoms. The molecule has 0 unspecified atom stereocenters. The standard InChI is InChI=1S/C19H30N2O5S.ClH/c1-4-25-12-13-26-14-16-6-5-7-17(15(16)2)21-18(22)19(27(3,23)24)8-10-20-11-9-19;/h5-7,20H,4,8-14H2,1-3H3,(H,21,22);1H. The van der Waals surface area contributed by atoms with Gasteiger partial charge in [0.1, 0.15) is 0 Å². The van der Waals surface area contributed by atoms with Gasteiger partial charge < -0.3 is 20.1 Å². The fraction of sp³-hybridized carbons (Fsp3) is 0.632. The minimum absolute atomic E-state index is 0. The molecular formula is C19H31ClN2O5S. The molecule has 28 heavy (non-hydrogen) atoms. The van der Waals surface area contributed by atoms with Crippen LogP contribution in [0.15, 0.2) is 18.2 Å². The van der Waals surface area contributed by atoms with Crippen molar-refractivity contribution in [2.24, 2.45) is 0 Å². The van der Waals surface area contributed by atoms with Crippen LogP contribution in [0.4, 0.5) is 5.69 Å². The van der Waals surface area contributed by atoms with Gasteiger partial charge in [-0.05, 0) is 57.0 Å². The van der Waals surface area contributed by atoms with E-state index in [9.17, 15) is 13.2 Å². The number of hydrogen-bond acceptors (Lipinski definition) is 6. The number of rotatable bonds is 9. The predicted octanol–water partition coefficient (Wildman–Crippen LogP) is 2.08. The Morgan fingerprint density at radius 1 is 1.21 bits per heavy atom. The van der Waals surface area contributed by atoms with E-state index in [0.29, 0.717) is 45.2 Å². The van der Waals surface area contributed by atoms with Crippen LogP contribution in [0.2, 0.25) is 0 Å². The molecule has 0 bridgehead atoms. The van der Waals surface area contributed by atoms with Crippen molar-refractivity contribution in [3.05, 3.63) is 29.3 Å². The van der Waals surface area contributed by atoms with E-state index in [4.69, 9.17) is 9.47 Å². The maximum atomic E-state index is 13.0. The molecule has 1 saturated heterocycles. The predicted molar refractivity (Wildman–Crippen MR) is 113 cm³/mol. The number of piperidine rings is 1. The van der Waals surface area contributed by atoms with Crippen molar-refractivity contribution >= 4 is 33.8 Å². The molecule has 1 aliphatic rings. The van der Waals surface area contributed by atoms with E-state index < -0.39 is 20.5 Å². The molecule has 2 N–H and O–H groups in total. The lowest BCUT2D eigenvalue weighted by Crippen LogP contribution is -2.55. The molecule has 1 fully saturated rings. The first-order chi connectivity index (χ1) is 12.8. The molecule has 160 valence electrons. The van der Waals surface area contributed by atoms with Crippen LogP contribution in [0, 0.1) is 6.92 Å². The van der Waals surface area contributed by atoms with E-state index in [0.717, 1.165) is 17.4 Å². The molecule has 1 aliphatic heterocycles. The number of carbonyl (C=O) groups excluding carboxylic acids is 1. The summed E-state index contributed by atoms with van der Waals surface area (Å²) < 4.78 is 34.3. The molecule has 0 aromatic heterocycles. The van der Waals surface area contributed by atoms with Gasteiger partial charge in [-0.25, -0.2) is 8.42 Å². The van der Waals surface area contributed by atoms with E-state index in [1.165, 1.54) is 0 Å². The van der Waals surface area contributed by atoms with Gasteiger partial charge in [-0.15, -0.1) is 12.4 Å². The van der Waals surface area contributed by atoms with Gasteiger partial charge in [-0.3, -0.25) is 4.79 Å². The first-order valence-electron chi connectivity index (χ1n) is 9.27. The number of halogens is 1. The van der Waals surface area contributed by atoms with Gasteiger partial charge in [0.05, 0.1) is 19.8 Å². The Labute approximate surface area is 173 Å². The number of sulfone groups is 1. The summed E-state index contributed by atoms with van der Waals surface area (Å²) >= 11 is 0. The Bertz CT molecular complexity index is 749. The lowest BCUT2D eigenvalue weighted by molar-refractivity contribution is -0.119. The quantitative estimate of drug-likeness (QED) is 0.578. The second-order valence-corrected chi connectivity index (χ2v) is 9.14. The fourth-order valence-corrected chi connectivity index (χ4v) is 4.59. The third-order valence-corrected chi connectivity index (χ3v) is 7.08. The molecule has 7 nitrogen and oxygen atoms in total. The monoisotopic (exact) mass is 434 g/mol. The maximum Gasteiger partial charge on any atom is 0.245 e. The summed E-state index contributed by atoms with van der Waals surface area (Å²) in [5, 5.41) is 5.97. The van der Waals surface area contributed by atoms with E-state index in [-0.39, 0.29) is 25.2 Å². The summed E-state index contributed by atoms with van der Waals surface area (Å²) in [6.45, 7) is 6.94. The van der Waals surface area contributed by atoms with E-state index in [2.05, 4.69) is 10.6 Å². The van der Waals surface area contributed by atoms with Crippen LogP contribution in [0.25, 0.3) is 0 Å². The van der Waals surface area contributed by atoms with Gasteiger partial charge in [-0.2, -0.15) is 0 Å². The first-order valence-corrected chi connectivity index (χ1v) is 11.2. The Morgan fingerprint density at radius 3 is 2.46 bits per heavy atom. The van der Waals surface area contributed by atoms with Crippen molar-refractivity contribution in [2.45, 2.75) is 38.0 Å². The summed E-state index contributed by atoms with van der Waals surface area (Å²) in [6.07, 6.45) is 1.70. The first kappa shape index (κ1) is 24.8. The largest absolute Gasteiger partial charge is 0.379 e. The number of carbonyl (C=O) groups is 1. The van der Waals surface area contributed by atoms with Gasteiger partial charge in [0.25, 0.3) is 0 Å². The SMILES string of the molecule is CCOCCOCc1cccc(NC(=O)C2(S(C)(=O)=O)CCNCC2)c1C.Cl. The van der Waals surface area contributed by atoms with Gasteiger partial charge in [0, 0.05) is 18.6 Å². The van der Waals surface area contributed by atoms with Crippen molar-refractivity contribution in [2.75, 3.05) is 44.5 Å². The second-order valence-electron chi connectivity index (χ2n) is 6.81. The topological polar surface area (TPSA) is 93.7 Å². The lowest BCUT2D eigenvalue weighted by Gasteiger charge is -2.34. The molecule has 2 rings (SSSR count). The molecule has 0 atom stereocenters. The maximum absolute atomic E-state index is 13.0. The highest BCUT2D eigenvalue weighted by Crippen LogP contribution is 2.30. The molecule has 1 heterocycles. The highest BCUT2D eigenvalue weighted by molar-refractivity contribution is 7.92. The number of benzene rings is 1. The minimum Gasteiger partial charge on any atom is -0.379 e. The average Bonchev–Trinajstić information content (AvgIpc) is 2.64. The normalized spacial score (nSPS) is 16.2. The van der Waals surface area contributed by atoms with E-state index >= 15 is 0 Å². The van der Waals surface area contributed by atoms with Crippen molar-refractivity contribution in [1.29, 1.82) is 0 Å². The van der Waals surface area contributed by atoms with Crippen LogP contribution < -0.4 is 10.6 Å². The van der Waals surface area contributed by atoms with Crippen LogP contribution in [0.5, 0.6) is 0 Å². The van der Waals surface area contributed by atoms with Crippen molar-refractivity contribution in [1.82, 2.24) is 5.32 Å². The summed E-state index contributed by atoms with van der Waals surface area (Å²) in [6, 6.07) is 5.55. The third-order valence-electron chi connectivity index (χ3n) is 5.06. The molecule has 1 aromatic carbocycles. The van der Waals surface area contributed by atoms with Gasteiger partial charge in [0.15, 0.2) is 14.6 Å². The van der Waals surface area contributed by atoms with Crippen LogP contribution in [-0.4, -0.2) is 58.2 Å². The summed E-state index contributed by atoms with van der Waals surface area (Å²) in [4.78, 5) is 13.0. The molecule has 0 aliphatic carbocycles. The molecule has 0 radical (unpaired) electrons. The highest BCUT2D eigenvalue weighted by atomic mass is 35.5. The third kappa shape index (κ3) is 5.90. The zero-order valence-corrected chi connectivity index (χ0v) is 18.4. The fourth-order valence-electron chi connectivity index (χ4n) is 3.25. The Balaban J connectivity index is 0.00000392. The number of ether oxygens (including phenoxy) is 2. The van der Waals surface area contributed by atoms with E-state index in [1.54, 1.807) is 6.07 Å². The minimum atomic E-state index is -3.54. The van der Waals surface area contributed by atoms with Crippen molar-refractivity contribution in [3.63, 3.8) is 0 Å². The number of amides is 1. The Kier molecular flexibility index (Phi) is 9.86. The van der Waals surface area contributed by atoms with E-state index in [1.807, 2.05) is 26.0 Å². The van der Waals surface area contributed by atoms with Crippen molar-refractivity contribution in [3.8, 4) is 0 Å². The molecule has 1 aromatic rings. The van der Waals surface area contributed by atoms with Crippen LogP contribution in [-0.2, 0) is 30.7 Å². The highest BCUT2D eigenvalue weighted by Gasteiger charge is 2.48. The number of nitrogens with one attached hydrogen (secondary N) is 2. The number of hydrogen-bond donors (Lipinski definition) is 2. The van der Waals surface area contributed by atoms with Gasteiger partial charge >= 0.3 is 0 Å². The summed E-state index contributed by atoms with van der Waals surface area (Å²) in [5.41, 5.74) is 2.44. The molecular weight excluding hydrogens is 404 g/mol. The lowest BCUT2D eigenvalue weighted by atomic mass is 9.95. The molecule has 1 amide bonds. The van der Waals surface area contributed by atoms with Crippen LogP contribution >= 0.6 is 12.4 Å². The van der Waals surface area contributed by atoms with Crippen molar-refractivity contribution < 1.29 is 22.7 Å². The smallest absolute Gasteiger partial charge is 0.245 e. The zero-order chi connectivity index (χ0) is 19.9. The summed E-state index contributed by atoms with van der Waals surface area (Å²) in [5.74, 6) is -0.455.